The van der Waals surface area contributed by atoms with Gasteiger partial charge in [-0.2, -0.15) is 13.2 Å². The van der Waals surface area contributed by atoms with Crippen molar-refractivity contribution < 1.29 is 18.3 Å². The van der Waals surface area contributed by atoms with E-state index in [0.717, 1.165) is 19.3 Å². The second kappa shape index (κ2) is 5.16. The molecule has 1 unspecified atom stereocenters. The molecule has 0 bridgehead atoms. The highest BCUT2D eigenvalue weighted by Gasteiger charge is 2.39. The summed E-state index contributed by atoms with van der Waals surface area (Å²) in [6.07, 6.45) is -3.70. The van der Waals surface area contributed by atoms with Crippen LogP contribution in [0.5, 0.6) is 0 Å². The van der Waals surface area contributed by atoms with Crippen LogP contribution in [0.1, 0.15) is 26.2 Å². The van der Waals surface area contributed by atoms with E-state index in [0.29, 0.717) is 19.0 Å². The molecular formula is C10H18F3NO. The first kappa shape index (κ1) is 12.8. The molecule has 1 rings (SSSR count). The number of hydrogen-bond acceptors (Lipinski definition) is 2. The number of halogens is 3. The van der Waals surface area contributed by atoms with Gasteiger partial charge in [0.25, 0.3) is 0 Å². The lowest BCUT2D eigenvalue weighted by Gasteiger charge is -2.33. The van der Waals surface area contributed by atoms with Gasteiger partial charge in [-0.15, -0.1) is 0 Å². The fourth-order valence-electron chi connectivity index (χ4n) is 1.93. The van der Waals surface area contributed by atoms with Gasteiger partial charge in [-0.1, -0.05) is 13.3 Å². The third-order valence-electron chi connectivity index (χ3n) is 3.09. The van der Waals surface area contributed by atoms with E-state index in [1.807, 2.05) is 0 Å². The summed E-state index contributed by atoms with van der Waals surface area (Å²) in [7, 11) is 0. The molecule has 1 atom stereocenters. The van der Waals surface area contributed by atoms with Crippen LogP contribution in [0, 0.1) is 5.92 Å². The number of nitrogens with zero attached hydrogens (tertiary/aromatic N) is 1. The first-order valence-electron chi connectivity index (χ1n) is 5.40. The zero-order valence-corrected chi connectivity index (χ0v) is 8.93. The summed E-state index contributed by atoms with van der Waals surface area (Å²) in [5.41, 5.74) is 0. The maximum atomic E-state index is 12.1. The van der Waals surface area contributed by atoms with Gasteiger partial charge in [-0.25, -0.2) is 0 Å². The first-order valence-corrected chi connectivity index (χ1v) is 5.40. The van der Waals surface area contributed by atoms with Crippen molar-refractivity contribution in [3.63, 3.8) is 0 Å². The summed E-state index contributed by atoms with van der Waals surface area (Å²) in [4.78, 5) is 1.70. The topological polar surface area (TPSA) is 23.5 Å². The molecule has 0 aromatic carbocycles. The van der Waals surface area contributed by atoms with Crippen molar-refractivity contribution in [2.45, 2.75) is 38.5 Å². The Bertz CT molecular complexity index is 188. The van der Waals surface area contributed by atoms with E-state index in [9.17, 15) is 13.2 Å². The van der Waals surface area contributed by atoms with Crippen LogP contribution in [-0.4, -0.2) is 41.9 Å². The van der Waals surface area contributed by atoms with E-state index in [1.165, 1.54) is 0 Å². The Hall–Kier alpha value is -0.290. The first-order chi connectivity index (χ1) is 6.93. The normalized spacial score (nSPS) is 23.0. The van der Waals surface area contributed by atoms with Crippen LogP contribution in [-0.2, 0) is 0 Å². The average molecular weight is 225 g/mol. The number of β-amino-alcohol motifs (C(OH)–C–C–N with tert-alkyl or cyclic N) is 1. The van der Waals surface area contributed by atoms with Crippen molar-refractivity contribution in [1.82, 2.24) is 4.90 Å². The fourth-order valence-corrected chi connectivity index (χ4v) is 1.93. The molecule has 0 spiro atoms. The Balaban J connectivity index is 2.29. The smallest absolute Gasteiger partial charge is 0.382 e. The number of likely N-dealkylation sites (tertiary alicyclic amines) is 1. The molecule has 2 nitrogen and oxygen atoms in total. The second-order valence-corrected chi connectivity index (χ2v) is 4.21. The van der Waals surface area contributed by atoms with E-state index in [-0.39, 0.29) is 6.54 Å². The molecule has 1 heterocycles. The molecule has 0 aromatic rings. The number of alkyl halides is 3. The Morgan fingerprint density at radius 2 is 1.87 bits per heavy atom. The highest BCUT2D eigenvalue weighted by atomic mass is 19.4. The van der Waals surface area contributed by atoms with E-state index in [4.69, 9.17) is 5.11 Å². The lowest BCUT2D eigenvalue weighted by Crippen LogP contribution is -2.44. The average Bonchev–Trinajstić information content (AvgIpc) is 2.17. The van der Waals surface area contributed by atoms with Crippen LogP contribution in [0.3, 0.4) is 0 Å². The molecule has 1 saturated heterocycles. The SMILES string of the molecule is CCC1CCN(CC(O)C(F)(F)F)CC1. The van der Waals surface area contributed by atoms with Gasteiger partial charge in [0, 0.05) is 6.54 Å². The lowest BCUT2D eigenvalue weighted by molar-refractivity contribution is -0.208. The standard InChI is InChI=1S/C10H18F3NO/c1-2-8-3-5-14(6-4-8)7-9(15)10(11,12)13/h8-9,15H,2-7H2,1H3. The zero-order chi connectivity index (χ0) is 11.5. The quantitative estimate of drug-likeness (QED) is 0.794. The number of aliphatic hydroxyl groups is 1. The molecular weight excluding hydrogens is 207 g/mol. The van der Waals surface area contributed by atoms with Crippen LogP contribution < -0.4 is 0 Å². The summed E-state index contributed by atoms with van der Waals surface area (Å²) < 4.78 is 36.2. The van der Waals surface area contributed by atoms with Crippen LogP contribution >= 0.6 is 0 Å². The van der Waals surface area contributed by atoms with Crippen molar-refractivity contribution in [3.8, 4) is 0 Å². The minimum atomic E-state index is -4.48. The third-order valence-corrected chi connectivity index (χ3v) is 3.09. The van der Waals surface area contributed by atoms with Crippen LogP contribution in [0.2, 0.25) is 0 Å². The summed E-state index contributed by atoms with van der Waals surface area (Å²) in [6.45, 7) is 3.17. The van der Waals surface area contributed by atoms with Gasteiger partial charge in [0.1, 0.15) is 0 Å². The minimum absolute atomic E-state index is 0.278. The second-order valence-electron chi connectivity index (χ2n) is 4.21. The maximum Gasteiger partial charge on any atom is 0.415 e. The molecule has 1 aliphatic rings. The summed E-state index contributed by atoms with van der Waals surface area (Å²) in [5.74, 6) is 0.643. The zero-order valence-electron chi connectivity index (χ0n) is 8.93. The van der Waals surface area contributed by atoms with E-state index < -0.39 is 12.3 Å². The predicted molar refractivity (Wildman–Crippen MR) is 51.5 cm³/mol. The van der Waals surface area contributed by atoms with Gasteiger partial charge in [0.05, 0.1) is 0 Å². The number of rotatable bonds is 3. The van der Waals surface area contributed by atoms with Crippen LogP contribution in [0.25, 0.3) is 0 Å². The number of piperidine rings is 1. The molecule has 0 saturated carbocycles. The van der Waals surface area contributed by atoms with Gasteiger partial charge in [0.2, 0.25) is 0 Å². The largest absolute Gasteiger partial charge is 0.415 e. The highest BCUT2D eigenvalue weighted by molar-refractivity contribution is 4.76. The fraction of sp³-hybridized carbons (Fsp3) is 1.00. The highest BCUT2D eigenvalue weighted by Crippen LogP contribution is 2.24. The molecule has 0 radical (unpaired) electrons. The summed E-state index contributed by atoms with van der Waals surface area (Å²) in [6, 6.07) is 0. The molecule has 90 valence electrons. The van der Waals surface area contributed by atoms with Gasteiger partial charge < -0.3 is 10.0 Å². The number of aliphatic hydroxyl groups excluding tert-OH is 1. The maximum absolute atomic E-state index is 12.1. The number of hydrogen-bond donors (Lipinski definition) is 1. The third kappa shape index (κ3) is 3.99. The molecule has 0 aromatic heterocycles. The Morgan fingerprint density at radius 3 is 2.27 bits per heavy atom. The van der Waals surface area contributed by atoms with Crippen LogP contribution in [0.4, 0.5) is 13.2 Å². The Kier molecular flexibility index (Phi) is 4.40. The molecule has 5 heteroatoms. The van der Waals surface area contributed by atoms with Crippen molar-refractivity contribution in [1.29, 1.82) is 0 Å². The van der Waals surface area contributed by atoms with Gasteiger partial charge >= 0.3 is 6.18 Å². The molecule has 1 fully saturated rings. The van der Waals surface area contributed by atoms with Crippen molar-refractivity contribution in [2.75, 3.05) is 19.6 Å². The van der Waals surface area contributed by atoms with Gasteiger partial charge in [-0.3, -0.25) is 0 Å². The van der Waals surface area contributed by atoms with Crippen molar-refractivity contribution in [3.05, 3.63) is 0 Å². The van der Waals surface area contributed by atoms with Gasteiger partial charge in [-0.05, 0) is 31.8 Å². The summed E-state index contributed by atoms with van der Waals surface area (Å²) >= 11 is 0. The van der Waals surface area contributed by atoms with Crippen molar-refractivity contribution in [2.24, 2.45) is 5.92 Å². The molecule has 0 aliphatic carbocycles. The predicted octanol–water partition coefficient (Wildman–Crippen LogP) is 2.03. The van der Waals surface area contributed by atoms with Crippen LogP contribution in [0.15, 0.2) is 0 Å². The summed E-state index contributed by atoms with van der Waals surface area (Å²) in [5, 5.41) is 8.89. The lowest BCUT2D eigenvalue weighted by atomic mass is 9.94. The Labute approximate surface area is 88.1 Å². The Morgan fingerprint density at radius 1 is 1.33 bits per heavy atom. The molecule has 15 heavy (non-hydrogen) atoms. The van der Waals surface area contributed by atoms with E-state index in [2.05, 4.69) is 6.92 Å². The van der Waals surface area contributed by atoms with Gasteiger partial charge in [0.15, 0.2) is 6.10 Å². The van der Waals surface area contributed by atoms with Crippen molar-refractivity contribution >= 4 is 0 Å². The molecule has 0 amide bonds. The van der Waals surface area contributed by atoms with E-state index in [1.54, 1.807) is 4.90 Å². The monoisotopic (exact) mass is 225 g/mol. The molecule has 1 N–H and O–H groups in total. The van der Waals surface area contributed by atoms with E-state index >= 15 is 0 Å². The molecule has 1 aliphatic heterocycles. The minimum Gasteiger partial charge on any atom is -0.382 e.